The summed E-state index contributed by atoms with van der Waals surface area (Å²) in [5.41, 5.74) is 3.53. The topological polar surface area (TPSA) is 73.9 Å². The number of hydrogen-bond donors (Lipinski definition) is 1. The number of rotatable bonds is 10. The minimum atomic E-state index is -0.528. The summed E-state index contributed by atoms with van der Waals surface area (Å²) >= 11 is 0. The average Bonchev–Trinajstić information content (AvgIpc) is 2.87. The second-order valence-corrected chi connectivity index (χ2v) is 8.80. The van der Waals surface area contributed by atoms with E-state index >= 15 is 0 Å². The molecule has 0 aromatic heterocycles. The van der Waals surface area contributed by atoms with Crippen LogP contribution in [0.3, 0.4) is 0 Å². The zero-order valence-electron chi connectivity index (χ0n) is 20.5. The Morgan fingerprint density at radius 3 is 2.54 bits per heavy atom. The Bertz CT molecular complexity index is 1120. The van der Waals surface area contributed by atoms with Gasteiger partial charge >= 0.3 is 5.97 Å². The number of dihydropyridines is 1. The summed E-state index contributed by atoms with van der Waals surface area (Å²) in [6, 6.07) is 17.1. The van der Waals surface area contributed by atoms with Crippen LogP contribution in [0.5, 0.6) is 11.5 Å². The van der Waals surface area contributed by atoms with Gasteiger partial charge in [-0.05, 0) is 44.4 Å². The van der Waals surface area contributed by atoms with Crippen molar-refractivity contribution in [2.24, 2.45) is 0 Å². The molecule has 2 aromatic rings. The number of carbonyl (C=O) groups excluding carboxylic acids is 2. The third-order valence-corrected chi connectivity index (χ3v) is 6.31. The lowest BCUT2D eigenvalue weighted by Gasteiger charge is -2.34. The van der Waals surface area contributed by atoms with E-state index in [1.807, 2.05) is 61.5 Å². The van der Waals surface area contributed by atoms with Crippen LogP contribution in [-0.4, -0.2) is 31.6 Å². The lowest BCUT2D eigenvalue weighted by Crippen LogP contribution is -2.34. The largest absolute Gasteiger partial charge is 0.493 e. The number of Topliss-reactive ketones (excluding diaryl/α,β-unsaturated/α-hetero) is 1. The van der Waals surface area contributed by atoms with Crippen molar-refractivity contribution in [3.8, 4) is 11.5 Å². The van der Waals surface area contributed by atoms with Gasteiger partial charge in [-0.3, -0.25) is 4.79 Å². The molecule has 6 heteroatoms. The van der Waals surface area contributed by atoms with Crippen LogP contribution in [0.25, 0.3) is 0 Å². The van der Waals surface area contributed by atoms with Crippen molar-refractivity contribution in [3.63, 3.8) is 0 Å². The van der Waals surface area contributed by atoms with Gasteiger partial charge < -0.3 is 19.5 Å². The number of carbonyl (C=O) groups is 2. The number of hydrogen-bond acceptors (Lipinski definition) is 6. The van der Waals surface area contributed by atoms with E-state index in [0.29, 0.717) is 35.6 Å². The molecule has 0 radical (unpaired) electrons. The number of nitrogens with one attached hydrogen (secondary N) is 1. The fourth-order valence-corrected chi connectivity index (χ4v) is 4.63. The summed E-state index contributed by atoms with van der Waals surface area (Å²) < 4.78 is 17.4. The molecular weight excluding hydrogens is 442 g/mol. The predicted molar refractivity (Wildman–Crippen MR) is 134 cm³/mol. The molecule has 6 nitrogen and oxygen atoms in total. The maximum absolute atomic E-state index is 13.4. The third kappa shape index (κ3) is 5.76. The Morgan fingerprint density at radius 1 is 0.971 bits per heavy atom. The molecule has 0 fully saturated rings. The lowest BCUT2D eigenvalue weighted by molar-refractivity contribution is -0.140. The highest BCUT2D eigenvalue weighted by Gasteiger charge is 2.40. The molecule has 35 heavy (non-hydrogen) atoms. The monoisotopic (exact) mass is 475 g/mol. The fraction of sp³-hybridized carbons (Fsp3) is 0.379. The van der Waals surface area contributed by atoms with Crippen molar-refractivity contribution in [2.45, 2.75) is 51.9 Å². The van der Waals surface area contributed by atoms with E-state index in [0.717, 1.165) is 42.7 Å². The standard InChI is InChI=1S/C29H33NO5/c1-3-4-17-34-25-16-9-8-13-22(25)27-26(20(2)30-23-14-10-15-24(31)28(23)27)29(32)35-19-18-33-21-11-6-5-7-12-21/h5-9,11-13,16,27,30H,3-4,10,14-15,17-19H2,1-2H3/t27-/m1/s1. The van der Waals surface area contributed by atoms with Crippen molar-refractivity contribution in [2.75, 3.05) is 19.8 Å². The predicted octanol–water partition coefficient (Wildman–Crippen LogP) is 5.46. The van der Waals surface area contributed by atoms with Crippen molar-refractivity contribution in [1.82, 2.24) is 5.32 Å². The SMILES string of the molecule is CCCCOc1ccccc1[C@@H]1C(C(=O)OCCOc2ccccc2)=C(C)NC2=C1C(=O)CCC2. The Morgan fingerprint density at radius 2 is 1.74 bits per heavy atom. The molecule has 0 spiro atoms. The summed E-state index contributed by atoms with van der Waals surface area (Å²) in [4.78, 5) is 26.5. The summed E-state index contributed by atoms with van der Waals surface area (Å²) in [5.74, 6) is 0.502. The highest BCUT2D eigenvalue weighted by Crippen LogP contribution is 2.45. The molecule has 2 aliphatic rings. The smallest absolute Gasteiger partial charge is 0.336 e. The van der Waals surface area contributed by atoms with Crippen LogP contribution in [0.2, 0.25) is 0 Å². The van der Waals surface area contributed by atoms with E-state index in [2.05, 4.69) is 12.2 Å². The first kappa shape index (κ1) is 24.6. The molecule has 0 saturated carbocycles. The van der Waals surface area contributed by atoms with Gasteiger partial charge in [0.2, 0.25) is 0 Å². The summed E-state index contributed by atoms with van der Waals surface area (Å²) in [7, 11) is 0. The highest BCUT2D eigenvalue weighted by molar-refractivity contribution is 6.04. The van der Waals surface area contributed by atoms with Gasteiger partial charge in [0.05, 0.1) is 18.1 Å². The van der Waals surface area contributed by atoms with E-state index in [-0.39, 0.29) is 19.0 Å². The molecule has 0 saturated heterocycles. The molecule has 1 atom stereocenters. The summed E-state index contributed by atoms with van der Waals surface area (Å²) in [5, 5.41) is 3.33. The van der Waals surface area contributed by atoms with Crippen molar-refractivity contribution in [3.05, 3.63) is 82.7 Å². The number of unbranched alkanes of at least 4 members (excludes halogenated alkanes) is 1. The van der Waals surface area contributed by atoms with Crippen LogP contribution < -0.4 is 14.8 Å². The van der Waals surface area contributed by atoms with Crippen LogP contribution in [0.15, 0.2) is 77.1 Å². The number of ether oxygens (including phenoxy) is 3. The first-order valence-electron chi connectivity index (χ1n) is 12.4. The van der Waals surface area contributed by atoms with Crippen LogP contribution in [-0.2, 0) is 14.3 Å². The highest BCUT2D eigenvalue weighted by atomic mass is 16.6. The normalized spacial score (nSPS) is 17.5. The number of allylic oxidation sites excluding steroid dienone is 3. The van der Waals surface area contributed by atoms with Gasteiger partial charge in [0.1, 0.15) is 24.7 Å². The molecular formula is C29H33NO5. The van der Waals surface area contributed by atoms with Crippen LogP contribution in [0.1, 0.15) is 57.4 Å². The van der Waals surface area contributed by atoms with Gasteiger partial charge in [-0.25, -0.2) is 4.79 Å². The zero-order chi connectivity index (χ0) is 24.6. The molecule has 1 aliphatic heterocycles. The van der Waals surface area contributed by atoms with Crippen molar-refractivity contribution < 1.29 is 23.8 Å². The fourth-order valence-electron chi connectivity index (χ4n) is 4.63. The molecule has 1 N–H and O–H groups in total. The number of para-hydroxylation sites is 2. The second-order valence-electron chi connectivity index (χ2n) is 8.80. The molecule has 0 bridgehead atoms. The van der Waals surface area contributed by atoms with Crippen molar-refractivity contribution in [1.29, 1.82) is 0 Å². The maximum atomic E-state index is 13.4. The minimum absolute atomic E-state index is 0.0670. The number of ketones is 1. The Balaban J connectivity index is 1.60. The van der Waals surface area contributed by atoms with Gasteiger partial charge in [-0.2, -0.15) is 0 Å². The maximum Gasteiger partial charge on any atom is 0.336 e. The van der Waals surface area contributed by atoms with E-state index < -0.39 is 11.9 Å². The molecule has 184 valence electrons. The summed E-state index contributed by atoms with van der Waals surface area (Å²) in [6.45, 7) is 4.90. The molecule has 2 aromatic carbocycles. The molecule has 1 heterocycles. The van der Waals surface area contributed by atoms with Crippen LogP contribution in [0, 0.1) is 0 Å². The van der Waals surface area contributed by atoms with Crippen molar-refractivity contribution >= 4 is 11.8 Å². The quantitative estimate of drug-likeness (QED) is 0.364. The number of benzene rings is 2. The van der Waals surface area contributed by atoms with Gasteiger partial charge in [0, 0.05) is 29.0 Å². The molecule has 1 aliphatic carbocycles. The molecule has 0 unspecified atom stereocenters. The van der Waals surface area contributed by atoms with E-state index in [4.69, 9.17) is 14.2 Å². The van der Waals surface area contributed by atoms with Gasteiger partial charge in [0.15, 0.2) is 5.78 Å². The Labute approximate surface area is 207 Å². The van der Waals surface area contributed by atoms with E-state index in [9.17, 15) is 9.59 Å². The minimum Gasteiger partial charge on any atom is -0.493 e. The van der Waals surface area contributed by atoms with Crippen LogP contribution in [0.4, 0.5) is 0 Å². The molecule has 4 rings (SSSR count). The van der Waals surface area contributed by atoms with Crippen LogP contribution >= 0.6 is 0 Å². The molecule has 0 amide bonds. The first-order chi connectivity index (χ1) is 17.1. The van der Waals surface area contributed by atoms with Gasteiger partial charge in [-0.1, -0.05) is 49.7 Å². The number of esters is 1. The summed E-state index contributed by atoms with van der Waals surface area (Å²) in [6.07, 6.45) is 4.00. The van der Waals surface area contributed by atoms with E-state index in [1.165, 1.54) is 0 Å². The van der Waals surface area contributed by atoms with Gasteiger partial charge in [-0.15, -0.1) is 0 Å². The third-order valence-electron chi connectivity index (χ3n) is 6.31. The Hall–Kier alpha value is -3.54. The second kappa shape index (κ2) is 11.7. The average molecular weight is 476 g/mol. The Kier molecular flexibility index (Phi) is 8.24. The van der Waals surface area contributed by atoms with E-state index in [1.54, 1.807) is 0 Å². The first-order valence-corrected chi connectivity index (χ1v) is 12.4. The lowest BCUT2D eigenvalue weighted by atomic mass is 9.75. The zero-order valence-corrected chi connectivity index (χ0v) is 20.5. The van der Waals surface area contributed by atoms with Gasteiger partial charge in [0.25, 0.3) is 0 Å².